The lowest BCUT2D eigenvalue weighted by Gasteiger charge is -2.36. The average Bonchev–Trinajstić information content (AvgIpc) is 2.92. The second-order valence-corrected chi connectivity index (χ2v) is 8.72. The lowest BCUT2D eigenvalue weighted by atomic mass is 9.91. The van der Waals surface area contributed by atoms with Crippen LogP contribution in [0.4, 0.5) is 0 Å². The van der Waals surface area contributed by atoms with Gasteiger partial charge in [-0.1, -0.05) is 12.8 Å². The molecule has 1 aliphatic carbocycles. The molecule has 21 heavy (non-hydrogen) atoms. The van der Waals surface area contributed by atoms with Crippen molar-refractivity contribution in [3.63, 3.8) is 0 Å². The summed E-state index contributed by atoms with van der Waals surface area (Å²) >= 11 is 0. The van der Waals surface area contributed by atoms with Gasteiger partial charge in [-0.25, -0.2) is 12.7 Å². The lowest BCUT2D eigenvalue weighted by Crippen LogP contribution is -2.49. The van der Waals surface area contributed by atoms with Gasteiger partial charge in [0.25, 0.3) is 0 Å². The van der Waals surface area contributed by atoms with Gasteiger partial charge >= 0.3 is 0 Å². The van der Waals surface area contributed by atoms with Crippen molar-refractivity contribution in [3.05, 3.63) is 0 Å². The SMILES string of the molecule is COCCC1(NCC2CCCN(S(C)(=O)=O)C2)CCCC1. The number of nitrogens with one attached hydrogen (secondary N) is 1. The fourth-order valence-corrected chi connectivity index (χ4v) is 4.66. The van der Waals surface area contributed by atoms with Crippen molar-refractivity contribution < 1.29 is 13.2 Å². The normalized spacial score (nSPS) is 27.0. The van der Waals surface area contributed by atoms with Crippen LogP contribution in [0.5, 0.6) is 0 Å². The molecule has 2 fully saturated rings. The Morgan fingerprint density at radius 1 is 1.29 bits per heavy atom. The Balaban J connectivity index is 1.86. The Labute approximate surface area is 129 Å². The molecule has 1 saturated heterocycles. The number of ether oxygens (including phenoxy) is 1. The molecule has 0 aromatic rings. The van der Waals surface area contributed by atoms with E-state index in [1.165, 1.54) is 31.9 Å². The van der Waals surface area contributed by atoms with E-state index in [1.807, 2.05) is 0 Å². The molecule has 124 valence electrons. The summed E-state index contributed by atoms with van der Waals surface area (Å²) in [6.45, 7) is 3.08. The van der Waals surface area contributed by atoms with Crippen molar-refractivity contribution in [2.75, 3.05) is 39.6 Å². The van der Waals surface area contributed by atoms with E-state index in [4.69, 9.17) is 4.74 Å². The van der Waals surface area contributed by atoms with E-state index in [0.717, 1.165) is 32.4 Å². The molecule has 2 aliphatic rings. The van der Waals surface area contributed by atoms with Crippen LogP contribution in [-0.2, 0) is 14.8 Å². The average molecular weight is 318 g/mol. The molecule has 1 heterocycles. The van der Waals surface area contributed by atoms with Gasteiger partial charge in [0.2, 0.25) is 10.0 Å². The van der Waals surface area contributed by atoms with Crippen LogP contribution >= 0.6 is 0 Å². The Morgan fingerprint density at radius 3 is 2.62 bits per heavy atom. The van der Waals surface area contributed by atoms with Crippen molar-refractivity contribution in [1.29, 1.82) is 0 Å². The maximum absolute atomic E-state index is 11.7. The van der Waals surface area contributed by atoms with Gasteiger partial charge in [-0.15, -0.1) is 0 Å². The van der Waals surface area contributed by atoms with Gasteiger partial charge in [-0.3, -0.25) is 0 Å². The molecular weight excluding hydrogens is 288 g/mol. The fourth-order valence-electron chi connectivity index (χ4n) is 3.72. The van der Waals surface area contributed by atoms with Crippen LogP contribution in [0.15, 0.2) is 0 Å². The summed E-state index contributed by atoms with van der Waals surface area (Å²) in [7, 11) is -1.28. The van der Waals surface area contributed by atoms with E-state index in [-0.39, 0.29) is 5.54 Å². The quantitative estimate of drug-likeness (QED) is 0.774. The van der Waals surface area contributed by atoms with Gasteiger partial charge in [0.1, 0.15) is 0 Å². The maximum Gasteiger partial charge on any atom is 0.211 e. The fraction of sp³-hybridized carbons (Fsp3) is 1.00. The van der Waals surface area contributed by atoms with E-state index < -0.39 is 10.0 Å². The highest BCUT2D eigenvalue weighted by Crippen LogP contribution is 2.33. The topological polar surface area (TPSA) is 58.6 Å². The van der Waals surface area contributed by atoms with Gasteiger partial charge in [0.15, 0.2) is 0 Å². The maximum atomic E-state index is 11.7. The molecular formula is C15H30N2O3S. The molecule has 1 atom stereocenters. The van der Waals surface area contributed by atoms with E-state index in [2.05, 4.69) is 5.32 Å². The largest absolute Gasteiger partial charge is 0.385 e. The van der Waals surface area contributed by atoms with Crippen LogP contribution in [-0.4, -0.2) is 57.9 Å². The molecule has 0 spiro atoms. The van der Waals surface area contributed by atoms with Crippen LogP contribution in [0, 0.1) is 5.92 Å². The summed E-state index contributed by atoms with van der Waals surface area (Å²) in [5.74, 6) is 0.438. The van der Waals surface area contributed by atoms with Gasteiger partial charge in [0.05, 0.1) is 6.26 Å². The second-order valence-electron chi connectivity index (χ2n) is 6.74. The summed E-state index contributed by atoms with van der Waals surface area (Å²) < 4.78 is 30.3. The van der Waals surface area contributed by atoms with Crippen molar-refractivity contribution in [3.8, 4) is 0 Å². The molecule has 0 aromatic carbocycles. The highest BCUT2D eigenvalue weighted by atomic mass is 32.2. The number of piperidine rings is 1. The molecule has 0 radical (unpaired) electrons. The third-order valence-corrected chi connectivity index (χ3v) is 6.33. The number of hydrogen-bond acceptors (Lipinski definition) is 4. The Hall–Kier alpha value is -0.170. The Kier molecular flexibility index (Phi) is 6.05. The van der Waals surface area contributed by atoms with Crippen molar-refractivity contribution in [1.82, 2.24) is 9.62 Å². The van der Waals surface area contributed by atoms with Gasteiger partial charge in [0, 0.05) is 32.3 Å². The molecule has 1 unspecified atom stereocenters. The third kappa shape index (κ3) is 4.91. The molecule has 0 bridgehead atoms. The molecule has 5 nitrogen and oxygen atoms in total. The molecule has 1 N–H and O–H groups in total. The zero-order valence-electron chi connectivity index (χ0n) is 13.4. The minimum Gasteiger partial charge on any atom is -0.385 e. The number of nitrogens with zero attached hydrogens (tertiary/aromatic N) is 1. The molecule has 1 saturated carbocycles. The molecule has 2 rings (SSSR count). The summed E-state index contributed by atoms with van der Waals surface area (Å²) in [6, 6.07) is 0. The number of methoxy groups -OCH3 is 1. The lowest BCUT2D eigenvalue weighted by molar-refractivity contribution is 0.147. The van der Waals surface area contributed by atoms with Crippen molar-refractivity contribution in [2.24, 2.45) is 5.92 Å². The third-order valence-electron chi connectivity index (χ3n) is 5.06. The van der Waals surface area contributed by atoms with E-state index in [0.29, 0.717) is 19.0 Å². The number of sulfonamides is 1. The standard InChI is InChI=1S/C15H30N2O3S/c1-20-11-9-15(7-3-4-8-15)16-12-14-6-5-10-17(13-14)21(2,18)19/h14,16H,3-13H2,1-2H3. The van der Waals surface area contributed by atoms with Gasteiger partial charge in [-0.2, -0.15) is 0 Å². The first kappa shape index (κ1) is 17.2. The first-order chi connectivity index (χ1) is 9.95. The Morgan fingerprint density at radius 2 is 2.00 bits per heavy atom. The highest BCUT2D eigenvalue weighted by molar-refractivity contribution is 7.88. The zero-order valence-corrected chi connectivity index (χ0v) is 14.3. The van der Waals surface area contributed by atoms with Crippen molar-refractivity contribution >= 4 is 10.0 Å². The minimum absolute atomic E-state index is 0.226. The number of rotatable bonds is 7. The van der Waals surface area contributed by atoms with Gasteiger partial charge in [-0.05, 0) is 44.6 Å². The van der Waals surface area contributed by atoms with E-state index >= 15 is 0 Å². The van der Waals surface area contributed by atoms with Crippen LogP contribution in [0.2, 0.25) is 0 Å². The van der Waals surface area contributed by atoms with E-state index in [1.54, 1.807) is 11.4 Å². The monoisotopic (exact) mass is 318 g/mol. The first-order valence-electron chi connectivity index (χ1n) is 8.14. The van der Waals surface area contributed by atoms with Crippen LogP contribution in [0.25, 0.3) is 0 Å². The van der Waals surface area contributed by atoms with Crippen LogP contribution < -0.4 is 5.32 Å². The smallest absolute Gasteiger partial charge is 0.211 e. The first-order valence-corrected chi connectivity index (χ1v) is 9.99. The molecule has 6 heteroatoms. The number of hydrogen-bond donors (Lipinski definition) is 1. The van der Waals surface area contributed by atoms with Crippen LogP contribution in [0.3, 0.4) is 0 Å². The second kappa shape index (κ2) is 7.40. The van der Waals surface area contributed by atoms with Crippen LogP contribution in [0.1, 0.15) is 44.9 Å². The van der Waals surface area contributed by atoms with E-state index in [9.17, 15) is 8.42 Å². The summed E-state index contributed by atoms with van der Waals surface area (Å²) in [4.78, 5) is 0. The molecule has 0 aromatic heterocycles. The van der Waals surface area contributed by atoms with Crippen molar-refractivity contribution in [2.45, 2.75) is 50.5 Å². The van der Waals surface area contributed by atoms with Gasteiger partial charge < -0.3 is 10.1 Å². The highest BCUT2D eigenvalue weighted by Gasteiger charge is 2.34. The minimum atomic E-state index is -3.04. The summed E-state index contributed by atoms with van der Waals surface area (Å²) in [6.07, 6.45) is 9.50. The molecule has 0 amide bonds. The zero-order chi connectivity index (χ0) is 15.3. The summed E-state index contributed by atoms with van der Waals surface area (Å²) in [5, 5.41) is 3.77. The Bertz CT molecular complexity index is 419. The predicted molar refractivity (Wildman–Crippen MR) is 84.8 cm³/mol. The summed E-state index contributed by atoms with van der Waals surface area (Å²) in [5.41, 5.74) is 0.226. The predicted octanol–water partition coefficient (Wildman–Crippen LogP) is 1.60. The molecule has 1 aliphatic heterocycles.